The molecule has 1 aliphatic heterocycles. The van der Waals surface area contributed by atoms with Crippen LogP contribution in [0.2, 0.25) is 0 Å². The van der Waals surface area contributed by atoms with Crippen LogP contribution in [0, 0.1) is 0 Å². The molecule has 5 heteroatoms. The molecule has 2 fully saturated rings. The molecule has 19 heavy (non-hydrogen) atoms. The number of rotatable bonds is 2. The highest BCUT2D eigenvalue weighted by Crippen LogP contribution is 2.30. The Hall–Kier alpha value is -1.07. The van der Waals surface area contributed by atoms with Gasteiger partial charge in [-0.05, 0) is 30.4 Å². The Labute approximate surface area is 118 Å². The lowest BCUT2D eigenvalue weighted by molar-refractivity contribution is -0.137. The van der Waals surface area contributed by atoms with Crippen molar-refractivity contribution in [3.8, 4) is 0 Å². The van der Waals surface area contributed by atoms with Crippen LogP contribution in [0.1, 0.15) is 25.7 Å². The first-order valence-corrected chi connectivity index (χ1v) is 7.94. The van der Waals surface area contributed by atoms with Gasteiger partial charge in [0.1, 0.15) is 0 Å². The topological polar surface area (TPSA) is 49.6 Å². The fraction of sp³-hybridized carbons (Fsp3) is 0.643. The monoisotopic (exact) mass is 279 g/mol. The number of piperazine rings is 1. The van der Waals surface area contributed by atoms with Crippen molar-refractivity contribution in [1.82, 2.24) is 4.90 Å². The van der Waals surface area contributed by atoms with Gasteiger partial charge in [0.25, 0.3) is 0 Å². The number of thiophene rings is 1. The van der Waals surface area contributed by atoms with Crippen molar-refractivity contribution < 1.29 is 4.79 Å². The zero-order chi connectivity index (χ0) is 13.3. The summed E-state index contributed by atoms with van der Waals surface area (Å²) in [6, 6.07) is 4.22. The zero-order valence-corrected chi connectivity index (χ0v) is 12.0. The van der Waals surface area contributed by atoms with Crippen LogP contribution in [-0.4, -0.2) is 42.5 Å². The third-order valence-electron chi connectivity index (χ3n) is 4.31. The Morgan fingerprint density at radius 3 is 2.47 bits per heavy atom. The normalized spacial score (nSPS) is 22.8. The van der Waals surface area contributed by atoms with E-state index >= 15 is 0 Å². The highest BCUT2D eigenvalue weighted by molar-refractivity contribution is 7.14. The van der Waals surface area contributed by atoms with Crippen molar-refractivity contribution in [2.24, 2.45) is 5.73 Å². The minimum absolute atomic E-state index is 0.177. The maximum Gasteiger partial charge on any atom is 0.242 e. The van der Waals surface area contributed by atoms with E-state index in [4.69, 9.17) is 5.73 Å². The van der Waals surface area contributed by atoms with Crippen molar-refractivity contribution in [3.05, 3.63) is 17.5 Å². The highest BCUT2D eigenvalue weighted by Gasteiger charge is 2.40. The summed E-state index contributed by atoms with van der Waals surface area (Å²) in [5.41, 5.74) is 5.70. The molecule has 0 bridgehead atoms. The predicted octanol–water partition coefficient (Wildman–Crippen LogP) is 1.67. The lowest BCUT2D eigenvalue weighted by atomic mass is 9.97. The van der Waals surface area contributed by atoms with Crippen molar-refractivity contribution in [2.75, 3.05) is 31.1 Å². The lowest BCUT2D eigenvalue weighted by Crippen LogP contribution is -2.58. The molecule has 1 saturated carbocycles. The number of anilines is 1. The summed E-state index contributed by atoms with van der Waals surface area (Å²) in [6.45, 7) is 3.44. The molecule has 0 radical (unpaired) electrons. The largest absolute Gasteiger partial charge is 0.360 e. The van der Waals surface area contributed by atoms with E-state index < -0.39 is 5.54 Å². The molecule has 2 N–H and O–H groups in total. The molecule has 1 aromatic heterocycles. The molecular weight excluding hydrogens is 258 g/mol. The second-order valence-corrected chi connectivity index (χ2v) is 6.52. The Morgan fingerprint density at radius 1 is 1.21 bits per heavy atom. The minimum Gasteiger partial charge on any atom is -0.360 e. The fourth-order valence-electron chi connectivity index (χ4n) is 3.11. The summed E-state index contributed by atoms with van der Waals surface area (Å²) in [5.74, 6) is 0.177. The smallest absolute Gasteiger partial charge is 0.242 e. The Kier molecular flexibility index (Phi) is 3.50. The van der Waals surface area contributed by atoms with Crippen LogP contribution in [-0.2, 0) is 4.79 Å². The maximum absolute atomic E-state index is 12.5. The third-order valence-corrected chi connectivity index (χ3v) is 5.24. The van der Waals surface area contributed by atoms with Crippen LogP contribution in [0.4, 0.5) is 5.00 Å². The predicted molar refractivity (Wildman–Crippen MR) is 78.5 cm³/mol. The van der Waals surface area contributed by atoms with Crippen molar-refractivity contribution in [3.63, 3.8) is 0 Å². The van der Waals surface area contributed by atoms with Crippen LogP contribution in [0.5, 0.6) is 0 Å². The van der Waals surface area contributed by atoms with Gasteiger partial charge < -0.3 is 15.5 Å². The van der Waals surface area contributed by atoms with Crippen LogP contribution >= 0.6 is 11.3 Å². The van der Waals surface area contributed by atoms with Crippen molar-refractivity contribution in [2.45, 2.75) is 31.2 Å². The summed E-state index contributed by atoms with van der Waals surface area (Å²) in [6.07, 6.45) is 3.91. The van der Waals surface area contributed by atoms with Crippen LogP contribution in [0.15, 0.2) is 17.5 Å². The highest BCUT2D eigenvalue weighted by atomic mass is 32.1. The van der Waals surface area contributed by atoms with E-state index in [1.807, 2.05) is 4.90 Å². The molecular formula is C14H21N3OS. The van der Waals surface area contributed by atoms with E-state index in [-0.39, 0.29) is 5.91 Å². The van der Waals surface area contributed by atoms with Crippen LogP contribution < -0.4 is 10.6 Å². The molecule has 1 aromatic rings. The average molecular weight is 279 g/mol. The quantitative estimate of drug-likeness (QED) is 0.896. The molecule has 1 amide bonds. The molecule has 2 aliphatic rings. The van der Waals surface area contributed by atoms with Gasteiger partial charge in [0.05, 0.1) is 10.5 Å². The molecule has 4 nitrogen and oxygen atoms in total. The first kappa shape index (κ1) is 12.9. The Bertz CT molecular complexity index is 432. The molecule has 0 unspecified atom stereocenters. The molecule has 2 heterocycles. The standard InChI is InChI=1S/C14H21N3OS/c15-14(5-1-2-6-14)13(18)17-9-7-16(8-10-17)12-4-3-11-19-12/h3-4,11H,1-2,5-10,15H2. The van der Waals surface area contributed by atoms with E-state index in [9.17, 15) is 4.79 Å². The SMILES string of the molecule is NC1(C(=O)N2CCN(c3cccs3)CC2)CCCC1. The molecule has 104 valence electrons. The van der Waals surface area contributed by atoms with Crippen LogP contribution in [0.3, 0.4) is 0 Å². The molecule has 1 saturated heterocycles. The minimum atomic E-state index is -0.564. The molecule has 3 rings (SSSR count). The summed E-state index contributed by atoms with van der Waals surface area (Å²) in [4.78, 5) is 16.8. The number of nitrogens with zero attached hydrogens (tertiary/aromatic N) is 2. The Balaban J connectivity index is 1.59. The third kappa shape index (κ3) is 2.49. The molecule has 0 aromatic carbocycles. The second-order valence-electron chi connectivity index (χ2n) is 5.59. The maximum atomic E-state index is 12.5. The number of hydrogen-bond donors (Lipinski definition) is 1. The van der Waals surface area contributed by atoms with Gasteiger partial charge >= 0.3 is 0 Å². The second kappa shape index (κ2) is 5.13. The van der Waals surface area contributed by atoms with Crippen molar-refractivity contribution in [1.29, 1.82) is 0 Å². The van der Waals surface area contributed by atoms with E-state index in [2.05, 4.69) is 22.4 Å². The number of hydrogen-bond acceptors (Lipinski definition) is 4. The van der Waals surface area contributed by atoms with E-state index in [1.165, 1.54) is 5.00 Å². The van der Waals surface area contributed by atoms with Gasteiger partial charge in [-0.1, -0.05) is 12.8 Å². The first-order chi connectivity index (χ1) is 9.19. The van der Waals surface area contributed by atoms with E-state index in [1.54, 1.807) is 11.3 Å². The number of carbonyl (C=O) groups is 1. The molecule has 0 spiro atoms. The van der Waals surface area contributed by atoms with Gasteiger partial charge in [-0.25, -0.2) is 0 Å². The van der Waals surface area contributed by atoms with Gasteiger partial charge in [-0.15, -0.1) is 11.3 Å². The number of amides is 1. The van der Waals surface area contributed by atoms with Gasteiger partial charge in [-0.2, -0.15) is 0 Å². The van der Waals surface area contributed by atoms with Gasteiger partial charge in [-0.3, -0.25) is 4.79 Å². The molecule has 1 aliphatic carbocycles. The molecule has 0 atom stereocenters. The van der Waals surface area contributed by atoms with Gasteiger partial charge in [0.15, 0.2) is 0 Å². The average Bonchev–Trinajstić information content (AvgIpc) is 3.10. The summed E-state index contributed by atoms with van der Waals surface area (Å²) in [7, 11) is 0. The van der Waals surface area contributed by atoms with Gasteiger partial charge in [0.2, 0.25) is 5.91 Å². The van der Waals surface area contributed by atoms with Gasteiger partial charge in [0, 0.05) is 26.2 Å². The zero-order valence-electron chi connectivity index (χ0n) is 11.2. The Morgan fingerprint density at radius 2 is 1.89 bits per heavy atom. The van der Waals surface area contributed by atoms with E-state index in [0.29, 0.717) is 0 Å². The summed E-state index contributed by atoms with van der Waals surface area (Å²) in [5, 5.41) is 3.40. The summed E-state index contributed by atoms with van der Waals surface area (Å²) < 4.78 is 0. The van der Waals surface area contributed by atoms with Crippen molar-refractivity contribution >= 4 is 22.2 Å². The number of carbonyl (C=O) groups excluding carboxylic acids is 1. The summed E-state index contributed by atoms with van der Waals surface area (Å²) >= 11 is 1.76. The lowest BCUT2D eigenvalue weighted by Gasteiger charge is -2.38. The fourth-order valence-corrected chi connectivity index (χ4v) is 3.90. The van der Waals surface area contributed by atoms with E-state index in [0.717, 1.165) is 51.9 Å². The first-order valence-electron chi connectivity index (χ1n) is 7.06. The van der Waals surface area contributed by atoms with Crippen LogP contribution in [0.25, 0.3) is 0 Å². The number of nitrogens with two attached hydrogens (primary N) is 1.